The average molecular weight is 473 g/mol. The van der Waals surface area contributed by atoms with Gasteiger partial charge in [0, 0.05) is 5.57 Å². The van der Waals surface area contributed by atoms with Crippen molar-refractivity contribution >= 4 is 5.97 Å². The van der Waals surface area contributed by atoms with Gasteiger partial charge in [0.15, 0.2) is 0 Å². The van der Waals surface area contributed by atoms with Crippen LogP contribution >= 0.6 is 0 Å². The van der Waals surface area contributed by atoms with Gasteiger partial charge in [-0.25, -0.2) is 4.79 Å². The number of hydrogen-bond acceptors (Lipinski definition) is 2. The predicted octanol–water partition coefficient (Wildman–Crippen LogP) is 7.87. The molecule has 0 aromatic rings. The van der Waals surface area contributed by atoms with Crippen molar-refractivity contribution in [3.8, 4) is 0 Å². The van der Waals surface area contributed by atoms with Gasteiger partial charge in [-0.05, 0) is 129 Å². The second-order valence-corrected chi connectivity index (χ2v) is 14.4. The van der Waals surface area contributed by atoms with E-state index in [9.17, 15) is 15.0 Å². The minimum absolute atomic E-state index is 0.0160. The summed E-state index contributed by atoms with van der Waals surface area (Å²) in [6.07, 6.45) is 12.1. The van der Waals surface area contributed by atoms with Crippen molar-refractivity contribution < 1.29 is 15.0 Å². The number of carbonyl (C=O) groups is 1. The lowest BCUT2D eigenvalue weighted by Gasteiger charge is -2.70. The van der Waals surface area contributed by atoms with E-state index in [-0.39, 0.29) is 16.9 Å². The fourth-order valence-electron chi connectivity index (χ4n) is 10.3. The van der Waals surface area contributed by atoms with E-state index in [2.05, 4.69) is 41.5 Å². The lowest BCUT2D eigenvalue weighted by Crippen LogP contribution is -2.64. The molecular formula is C31H52O3. The Balaban J connectivity index is 1.52. The molecule has 0 radical (unpaired) electrons. The van der Waals surface area contributed by atoms with Crippen molar-refractivity contribution in [2.45, 2.75) is 126 Å². The van der Waals surface area contributed by atoms with E-state index in [4.69, 9.17) is 0 Å². The first-order valence-corrected chi connectivity index (χ1v) is 14.3. The Morgan fingerprint density at radius 2 is 1.59 bits per heavy atom. The Bertz CT molecular complexity index is 842. The van der Waals surface area contributed by atoms with Crippen molar-refractivity contribution in [3.63, 3.8) is 0 Å². The fourth-order valence-corrected chi connectivity index (χ4v) is 10.3. The highest BCUT2D eigenvalue weighted by molar-refractivity contribution is 5.86. The zero-order valence-electron chi connectivity index (χ0n) is 23.3. The van der Waals surface area contributed by atoms with Crippen molar-refractivity contribution in [2.24, 2.45) is 51.2 Å². The zero-order valence-corrected chi connectivity index (χ0v) is 23.3. The molecule has 0 aliphatic heterocycles. The highest BCUT2D eigenvalue weighted by Gasteiger charge is 2.67. The van der Waals surface area contributed by atoms with Gasteiger partial charge in [0.1, 0.15) is 0 Å². The molecule has 1 unspecified atom stereocenters. The van der Waals surface area contributed by atoms with Gasteiger partial charge in [-0.15, -0.1) is 0 Å². The van der Waals surface area contributed by atoms with E-state index >= 15 is 0 Å². The van der Waals surface area contributed by atoms with Gasteiger partial charge in [-0.1, -0.05) is 47.1 Å². The zero-order chi connectivity index (χ0) is 25.3. The molecule has 0 spiro atoms. The molecule has 0 heterocycles. The smallest absolute Gasteiger partial charge is 0.331 e. The Kier molecular flexibility index (Phi) is 6.66. The Labute approximate surface area is 209 Å². The molecule has 4 fully saturated rings. The second-order valence-electron chi connectivity index (χ2n) is 14.4. The standard InChI is InChI=1S/C31H52O3/c1-19(21(3)27(33)34)9-10-20(2)23-11-12-24-22-13-18-31(8)28(4,5)26(32)15-17-30(31,7)25(22)14-16-29(23,24)6/h20,22-26,32H,9-18H2,1-8H3,(H,33,34)/b21-19+/t20-,22+,23-,24+,25+,26+,29-,30-,31?/m1/s1. The summed E-state index contributed by atoms with van der Waals surface area (Å²) < 4.78 is 0. The number of aliphatic hydroxyl groups is 1. The van der Waals surface area contributed by atoms with Crippen molar-refractivity contribution in [1.82, 2.24) is 0 Å². The van der Waals surface area contributed by atoms with E-state index in [1.165, 1.54) is 44.9 Å². The molecule has 0 aromatic carbocycles. The number of fused-ring (bicyclic) bond motifs is 5. The molecule has 0 saturated heterocycles. The normalized spacial score (nSPS) is 47.1. The van der Waals surface area contributed by atoms with Crippen LogP contribution < -0.4 is 0 Å². The van der Waals surface area contributed by atoms with Crippen LogP contribution in [0.4, 0.5) is 0 Å². The molecule has 4 aliphatic carbocycles. The quantitative estimate of drug-likeness (QED) is 0.400. The maximum atomic E-state index is 11.3. The maximum Gasteiger partial charge on any atom is 0.331 e. The largest absolute Gasteiger partial charge is 0.478 e. The summed E-state index contributed by atoms with van der Waals surface area (Å²) in [6, 6.07) is 0. The molecular weight excluding hydrogens is 420 g/mol. The van der Waals surface area contributed by atoms with Gasteiger partial charge < -0.3 is 10.2 Å². The maximum absolute atomic E-state index is 11.3. The minimum Gasteiger partial charge on any atom is -0.478 e. The van der Waals surface area contributed by atoms with Crippen LogP contribution in [0.1, 0.15) is 120 Å². The molecule has 4 saturated carbocycles. The molecule has 2 N–H and O–H groups in total. The molecule has 3 nitrogen and oxygen atoms in total. The molecule has 0 aromatic heterocycles. The first kappa shape index (κ1) is 26.2. The number of rotatable bonds is 5. The minimum atomic E-state index is -0.771. The number of aliphatic hydroxyl groups excluding tert-OH is 1. The molecule has 4 rings (SSSR count). The first-order valence-electron chi connectivity index (χ1n) is 14.3. The van der Waals surface area contributed by atoms with E-state index in [1.807, 2.05) is 6.92 Å². The van der Waals surface area contributed by atoms with E-state index < -0.39 is 5.97 Å². The van der Waals surface area contributed by atoms with Gasteiger partial charge in [-0.2, -0.15) is 0 Å². The summed E-state index contributed by atoms with van der Waals surface area (Å²) in [5.41, 5.74) is 2.54. The third-order valence-corrected chi connectivity index (χ3v) is 13.4. The molecule has 194 valence electrons. The van der Waals surface area contributed by atoms with Crippen LogP contribution in [0.5, 0.6) is 0 Å². The van der Waals surface area contributed by atoms with Gasteiger partial charge >= 0.3 is 5.97 Å². The number of carboxylic acid groups (broad SMARTS) is 1. The highest BCUT2D eigenvalue weighted by Crippen LogP contribution is 2.74. The summed E-state index contributed by atoms with van der Waals surface area (Å²) in [5.74, 6) is 3.13. The number of hydrogen-bond donors (Lipinski definition) is 2. The number of allylic oxidation sites excluding steroid dienone is 1. The monoisotopic (exact) mass is 472 g/mol. The Morgan fingerprint density at radius 3 is 2.24 bits per heavy atom. The van der Waals surface area contributed by atoms with Crippen LogP contribution in [0.25, 0.3) is 0 Å². The van der Waals surface area contributed by atoms with Crippen LogP contribution in [-0.2, 0) is 4.79 Å². The molecule has 0 amide bonds. The van der Waals surface area contributed by atoms with Gasteiger partial charge in [0.25, 0.3) is 0 Å². The van der Waals surface area contributed by atoms with Crippen LogP contribution in [0.3, 0.4) is 0 Å². The average Bonchev–Trinajstić information content (AvgIpc) is 3.13. The predicted molar refractivity (Wildman–Crippen MR) is 139 cm³/mol. The summed E-state index contributed by atoms with van der Waals surface area (Å²) >= 11 is 0. The van der Waals surface area contributed by atoms with E-state index in [0.29, 0.717) is 22.3 Å². The van der Waals surface area contributed by atoms with Crippen LogP contribution in [0, 0.1) is 51.2 Å². The summed E-state index contributed by atoms with van der Waals surface area (Å²) in [5, 5.41) is 20.3. The Hall–Kier alpha value is -0.830. The Morgan fingerprint density at radius 1 is 0.912 bits per heavy atom. The van der Waals surface area contributed by atoms with E-state index in [1.54, 1.807) is 6.92 Å². The number of carboxylic acids is 1. The highest BCUT2D eigenvalue weighted by atomic mass is 16.4. The molecule has 3 heteroatoms. The molecule has 34 heavy (non-hydrogen) atoms. The summed E-state index contributed by atoms with van der Waals surface area (Å²) in [6.45, 7) is 18.6. The van der Waals surface area contributed by atoms with Gasteiger partial charge in [0.05, 0.1) is 6.10 Å². The van der Waals surface area contributed by atoms with Crippen LogP contribution in [-0.4, -0.2) is 22.3 Å². The topological polar surface area (TPSA) is 57.5 Å². The molecule has 9 atom stereocenters. The molecule has 0 bridgehead atoms. The van der Waals surface area contributed by atoms with Crippen molar-refractivity contribution in [1.29, 1.82) is 0 Å². The first-order chi connectivity index (χ1) is 15.7. The lowest BCUT2D eigenvalue weighted by atomic mass is 9.35. The third kappa shape index (κ3) is 3.57. The third-order valence-electron chi connectivity index (χ3n) is 13.4. The van der Waals surface area contributed by atoms with Crippen molar-refractivity contribution in [2.75, 3.05) is 0 Å². The summed E-state index contributed by atoms with van der Waals surface area (Å²) in [7, 11) is 0. The van der Waals surface area contributed by atoms with Crippen LogP contribution in [0.15, 0.2) is 11.1 Å². The van der Waals surface area contributed by atoms with Crippen LogP contribution in [0.2, 0.25) is 0 Å². The van der Waals surface area contributed by atoms with Gasteiger partial charge in [-0.3, -0.25) is 0 Å². The number of aliphatic carboxylic acids is 1. The fraction of sp³-hybridized carbons (Fsp3) is 0.903. The second kappa shape index (κ2) is 8.63. The summed E-state index contributed by atoms with van der Waals surface area (Å²) in [4.78, 5) is 11.3. The van der Waals surface area contributed by atoms with E-state index in [0.717, 1.165) is 48.5 Å². The SMILES string of the molecule is C/C(CC[C@@H](C)[C@H]1CC[C@H]2[C@@H]3CCC4(C)C(C)(C)[C@@H](O)CC[C@]4(C)[C@H]3CC[C@]12C)=C(/C)C(=O)O. The van der Waals surface area contributed by atoms with Gasteiger partial charge in [0.2, 0.25) is 0 Å². The lowest BCUT2D eigenvalue weighted by molar-refractivity contribution is -0.231. The van der Waals surface area contributed by atoms with Crippen molar-refractivity contribution in [3.05, 3.63) is 11.1 Å². The molecule has 4 aliphatic rings.